The standard InChI is InChI=1S/C23H30N4O5/c1-3-8-18-20(12-11-17-19(28)13-16-32-23(17)18)31-15-6-5-9-21-24-25-26-27(21)14-7-10-22(29)30-4-2/h11-13,16H,3-10,14-15H2,1-2H3. The second kappa shape index (κ2) is 12.0. The molecule has 2 aromatic heterocycles. The average molecular weight is 443 g/mol. The van der Waals surface area contributed by atoms with E-state index in [1.165, 1.54) is 12.3 Å². The maximum absolute atomic E-state index is 12.1. The van der Waals surface area contributed by atoms with Gasteiger partial charge in [-0.2, -0.15) is 0 Å². The van der Waals surface area contributed by atoms with Gasteiger partial charge in [-0.15, -0.1) is 5.10 Å². The number of aryl methyl sites for hydroxylation is 3. The van der Waals surface area contributed by atoms with Gasteiger partial charge < -0.3 is 13.9 Å². The second-order valence-electron chi connectivity index (χ2n) is 7.49. The number of nitrogens with zero attached hydrogens (tertiary/aromatic N) is 4. The quantitative estimate of drug-likeness (QED) is 0.292. The van der Waals surface area contributed by atoms with E-state index in [-0.39, 0.29) is 11.4 Å². The lowest BCUT2D eigenvalue weighted by Crippen LogP contribution is -2.10. The van der Waals surface area contributed by atoms with Crippen LogP contribution in [-0.4, -0.2) is 39.4 Å². The van der Waals surface area contributed by atoms with Gasteiger partial charge in [0.05, 0.1) is 24.9 Å². The lowest BCUT2D eigenvalue weighted by atomic mass is 10.1. The van der Waals surface area contributed by atoms with E-state index in [2.05, 4.69) is 22.4 Å². The molecule has 0 aliphatic carbocycles. The minimum absolute atomic E-state index is 0.0462. The highest BCUT2D eigenvalue weighted by molar-refractivity contribution is 5.82. The second-order valence-corrected chi connectivity index (χ2v) is 7.49. The molecule has 0 amide bonds. The lowest BCUT2D eigenvalue weighted by Gasteiger charge is -2.12. The van der Waals surface area contributed by atoms with Crippen LogP contribution in [0.15, 0.2) is 33.7 Å². The predicted molar refractivity (Wildman–Crippen MR) is 119 cm³/mol. The predicted octanol–water partition coefficient (Wildman–Crippen LogP) is 3.48. The highest BCUT2D eigenvalue weighted by atomic mass is 16.5. The van der Waals surface area contributed by atoms with Crippen LogP contribution in [0.3, 0.4) is 0 Å². The number of ether oxygens (including phenoxy) is 2. The number of esters is 1. The lowest BCUT2D eigenvalue weighted by molar-refractivity contribution is -0.143. The summed E-state index contributed by atoms with van der Waals surface area (Å²) < 4.78 is 18.3. The molecule has 0 saturated heterocycles. The Morgan fingerprint density at radius 1 is 1.12 bits per heavy atom. The maximum atomic E-state index is 12.1. The van der Waals surface area contributed by atoms with Crippen LogP contribution in [0.2, 0.25) is 0 Å². The van der Waals surface area contributed by atoms with E-state index in [0.29, 0.717) is 43.6 Å². The first-order chi connectivity index (χ1) is 15.6. The molecular formula is C23H30N4O5. The van der Waals surface area contributed by atoms with Crippen molar-refractivity contribution in [2.24, 2.45) is 0 Å². The summed E-state index contributed by atoms with van der Waals surface area (Å²) in [5, 5.41) is 12.4. The zero-order chi connectivity index (χ0) is 22.8. The first-order valence-corrected chi connectivity index (χ1v) is 11.2. The number of unbranched alkanes of at least 4 members (excludes halogenated alkanes) is 1. The first-order valence-electron chi connectivity index (χ1n) is 11.2. The number of carbonyl (C=O) groups excluding carboxylic acids is 1. The number of tetrazole rings is 1. The van der Waals surface area contributed by atoms with Gasteiger partial charge in [-0.05, 0) is 55.2 Å². The molecule has 1 aromatic carbocycles. The Hall–Kier alpha value is -3.23. The Morgan fingerprint density at radius 2 is 2.00 bits per heavy atom. The normalized spacial score (nSPS) is 11.1. The Labute approximate surface area is 186 Å². The number of rotatable bonds is 13. The summed E-state index contributed by atoms with van der Waals surface area (Å²) in [7, 11) is 0. The number of fused-ring (bicyclic) bond motifs is 1. The topological polar surface area (TPSA) is 109 Å². The van der Waals surface area contributed by atoms with Crippen LogP contribution < -0.4 is 10.2 Å². The van der Waals surface area contributed by atoms with Crippen LogP contribution in [-0.2, 0) is 28.9 Å². The number of hydrogen-bond acceptors (Lipinski definition) is 8. The van der Waals surface area contributed by atoms with Gasteiger partial charge in [0.1, 0.15) is 11.3 Å². The highest BCUT2D eigenvalue weighted by Crippen LogP contribution is 2.28. The van der Waals surface area contributed by atoms with Crippen LogP contribution in [0.4, 0.5) is 0 Å². The number of hydrogen-bond donors (Lipinski definition) is 0. The van der Waals surface area contributed by atoms with Crippen LogP contribution in [0.25, 0.3) is 11.0 Å². The zero-order valence-electron chi connectivity index (χ0n) is 18.7. The first kappa shape index (κ1) is 23.4. The van der Waals surface area contributed by atoms with Gasteiger partial charge in [-0.25, -0.2) is 4.68 Å². The summed E-state index contributed by atoms with van der Waals surface area (Å²) in [5.74, 6) is 1.36. The summed E-state index contributed by atoms with van der Waals surface area (Å²) in [6.07, 6.45) is 6.55. The summed E-state index contributed by atoms with van der Waals surface area (Å²) in [5.41, 5.74) is 1.50. The van der Waals surface area contributed by atoms with Crippen LogP contribution in [0.1, 0.15) is 57.3 Å². The van der Waals surface area contributed by atoms with Gasteiger partial charge in [-0.1, -0.05) is 13.3 Å². The van der Waals surface area contributed by atoms with Crippen molar-refractivity contribution in [1.82, 2.24) is 20.2 Å². The monoisotopic (exact) mass is 442 g/mol. The summed E-state index contributed by atoms with van der Waals surface area (Å²) in [4.78, 5) is 23.5. The van der Waals surface area contributed by atoms with Gasteiger partial charge in [0, 0.05) is 31.0 Å². The molecule has 32 heavy (non-hydrogen) atoms. The minimum Gasteiger partial charge on any atom is -0.493 e. The van der Waals surface area contributed by atoms with Crippen molar-refractivity contribution in [1.29, 1.82) is 0 Å². The molecular weight excluding hydrogens is 412 g/mol. The van der Waals surface area contributed by atoms with E-state index in [1.807, 2.05) is 6.07 Å². The molecule has 172 valence electrons. The summed E-state index contributed by atoms with van der Waals surface area (Å²) >= 11 is 0. The molecule has 0 bridgehead atoms. The van der Waals surface area contributed by atoms with Crippen molar-refractivity contribution in [2.75, 3.05) is 13.2 Å². The van der Waals surface area contributed by atoms with E-state index in [1.54, 1.807) is 17.7 Å². The van der Waals surface area contributed by atoms with Gasteiger partial charge in [0.15, 0.2) is 11.3 Å². The molecule has 0 aliphatic rings. The third kappa shape index (κ3) is 6.15. The van der Waals surface area contributed by atoms with Crippen LogP contribution >= 0.6 is 0 Å². The smallest absolute Gasteiger partial charge is 0.305 e. The Morgan fingerprint density at radius 3 is 2.81 bits per heavy atom. The molecule has 0 aliphatic heterocycles. The Kier molecular flexibility index (Phi) is 8.77. The molecule has 9 nitrogen and oxygen atoms in total. The van der Waals surface area contributed by atoms with Crippen LogP contribution in [0.5, 0.6) is 5.75 Å². The molecule has 0 saturated carbocycles. The van der Waals surface area contributed by atoms with Crippen molar-refractivity contribution >= 4 is 16.9 Å². The highest BCUT2D eigenvalue weighted by Gasteiger charge is 2.13. The van der Waals surface area contributed by atoms with Gasteiger partial charge >= 0.3 is 5.97 Å². The molecule has 0 N–H and O–H groups in total. The van der Waals surface area contributed by atoms with Crippen molar-refractivity contribution in [3.05, 3.63) is 46.1 Å². The van der Waals surface area contributed by atoms with Crippen LogP contribution in [0, 0.1) is 0 Å². The largest absolute Gasteiger partial charge is 0.493 e. The van der Waals surface area contributed by atoms with E-state index in [4.69, 9.17) is 13.9 Å². The van der Waals surface area contributed by atoms with Gasteiger partial charge in [0.2, 0.25) is 0 Å². The summed E-state index contributed by atoms with van der Waals surface area (Å²) in [6.45, 7) is 5.40. The van der Waals surface area contributed by atoms with E-state index < -0.39 is 0 Å². The molecule has 0 unspecified atom stereocenters. The number of aromatic nitrogens is 4. The van der Waals surface area contributed by atoms with E-state index in [0.717, 1.165) is 49.2 Å². The van der Waals surface area contributed by atoms with E-state index >= 15 is 0 Å². The number of benzene rings is 1. The fourth-order valence-corrected chi connectivity index (χ4v) is 3.56. The molecule has 0 fully saturated rings. The fraction of sp³-hybridized carbons (Fsp3) is 0.522. The van der Waals surface area contributed by atoms with Crippen molar-refractivity contribution in [3.63, 3.8) is 0 Å². The van der Waals surface area contributed by atoms with Gasteiger partial charge in [0.25, 0.3) is 0 Å². The third-order valence-corrected chi connectivity index (χ3v) is 5.10. The molecule has 2 heterocycles. The SMILES string of the molecule is CCCc1c(OCCCCc2nnnn2CCCC(=O)OCC)ccc2c(=O)ccoc12. The number of carbonyl (C=O) groups is 1. The zero-order valence-corrected chi connectivity index (χ0v) is 18.7. The fourth-order valence-electron chi connectivity index (χ4n) is 3.56. The molecule has 0 atom stereocenters. The van der Waals surface area contributed by atoms with Crippen molar-refractivity contribution in [3.8, 4) is 5.75 Å². The average Bonchev–Trinajstić information content (AvgIpc) is 3.22. The molecule has 0 radical (unpaired) electrons. The molecule has 9 heteroatoms. The molecule has 3 aromatic rings. The van der Waals surface area contributed by atoms with Gasteiger partial charge in [-0.3, -0.25) is 9.59 Å². The third-order valence-electron chi connectivity index (χ3n) is 5.10. The van der Waals surface area contributed by atoms with E-state index in [9.17, 15) is 9.59 Å². The van der Waals surface area contributed by atoms with Crippen molar-refractivity contribution in [2.45, 2.75) is 65.3 Å². The maximum Gasteiger partial charge on any atom is 0.305 e. The van der Waals surface area contributed by atoms with Crippen molar-refractivity contribution < 1.29 is 18.7 Å². The molecule has 0 spiro atoms. The Bertz CT molecular complexity index is 1080. The Balaban J connectivity index is 1.49. The summed E-state index contributed by atoms with van der Waals surface area (Å²) in [6, 6.07) is 5.05. The minimum atomic E-state index is -0.199. The molecule has 3 rings (SSSR count).